The van der Waals surface area contributed by atoms with Crippen molar-refractivity contribution in [1.29, 1.82) is 5.26 Å². The Kier molecular flexibility index (Phi) is 4.44. The zero-order chi connectivity index (χ0) is 19.9. The summed E-state index contributed by atoms with van der Waals surface area (Å²) in [5, 5.41) is 13.4. The lowest BCUT2D eigenvalue weighted by Crippen LogP contribution is -2.30. The van der Waals surface area contributed by atoms with Crippen LogP contribution in [0.5, 0.6) is 0 Å². The molecule has 0 saturated carbocycles. The molecule has 2 aromatic carbocycles. The number of anilines is 1. The average molecular weight is 392 g/mol. The van der Waals surface area contributed by atoms with Gasteiger partial charge in [0.15, 0.2) is 0 Å². The number of sulfonamides is 1. The first-order chi connectivity index (χ1) is 13.4. The second kappa shape index (κ2) is 6.80. The lowest BCUT2D eigenvalue weighted by atomic mass is 10.1. The maximum absolute atomic E-state index is 13.4. The number of hydrogen-bond donors (Lipinski definition) is 0. The van der Waals surface area contributed by atoms with E-state index in [9.17, 15) is 8.42 Å². The molecule has 0 fully saturated rings. The molecule has 3 aromatic rings. The van der Waals surface area contributed by atoms with Gasteiger partial charge in [0.25, 0.3) is 10.0 Å². The van der Waals surface area contributed by atoms with Crippen LogP contribution in [0.1, 0.15) is 28.1 Å². The van der Waals surface area contributed by atoms with Crippen LogP contribution < -0.4 is 4.31 Å². The van der Waals surface area contributed by atoms with Crippen molar-refractivity contribution in [3.63, 3.8) is 0 Å². The summed E-state index contributed by atoms with van der Waals surface area (Å²) in [5.41, 5.74) is 4.46. The van der Waals surface area contributed by atoms with Crippen LogP contribution in [-0.2, 0) is 23.0 Å². The van der Waals surface area contributed by atoms with Crippen LogP contribution in [0.15, 0.2) is 53.4 Å². The predicted molar refractivity (Wildman–Crippen MR) is 107 cm³/mol. The first kappa shape index (κ1) is 18.3. The van der Waals surface area contributed by atoms with Crippen molar-refractivity contribution in [3.8, 4) is 6.07 Å². The summed E-state index contributed by atoms with van der Waals surface area (Å²) in [6.45, 7) is 4.42. The summed E-state index contributed by atoms with van der Waals surface area (Å²) >= 11 is 0. The van der Waals surface area contributed by atoms with Gasteiger partial charge in [-0.1, -0.05) is 30.3 Å². The third-order valence-electron chi connectivity index (χ3n) is 5.12. The molecule has 0 amide bonds. The van der Waals surface area contributed by atoms with Crippen molar-refractivity contribution in [1.82, 2.24) is 9.78 Å². The lowest BCUT2D eigenvalue weighted by molar-refractivity contribution is 0.590. The summed E-state index contributed by atoms with van der Waals surface area (Å²) in [5.74, 6) is 0. The van der Waals surface area contributed by atoms with Crippen molar-refractivity contribution in [2.75, 3.05) is 10.8 Å². The Morgan fingerprint density at radius 2 is 1.82 bits per heavy atom. The Labute approximate surface area is 164 Å². The maximum atomic E-state index is 13.4. The zero-order valence-corrected chi connectivity index (χ0v) is 16.6. The van der Waals surface area contributed by atoms with E-state index >= 15 is 0 Å². The highest BCUT2D eigenvalue weighted by atomic mass is 32.2. The minimum Gasteiger partial charge on any atom is -0.266 e. The summed E-state index contributed by atoms with van der Waals surface area (Å²) in [4.78, 5) is 0.276. The van der Waals surface area contributed by atoms with Gasteiger partial charge in [-0.15, -0.1) is 0 Å². The molecule has 6 nitrogen and oxygen atoms in total. The Morgan fingerprint density at radius 1 is 1.11 bits per heavy atom. The molecule has 0 atom stereocenters. The van der Waals surface area contributed by atoms with E-state index in [1.165, 1.54) is 4.31 Å². The molecule has 0 unspecified atom stereocenters. The van der Waals surface area contributed by atoms with E-state index < -0.39 is 10.0 Å². The van der Waals surface area contributed by atoms with Crippen LogP contribution in [0.4, 0.5) is 5.69 Å². The summed E-state index contributed by atoms with van der Waals surface area (Å²) in [6.07, 6.45) is 0.715. The van der Waals surface area contributed by atoms with E-state index in [0.29, 0.717) is 36.5 Å². The van der Waals surface area contributed by atoms with Gasteiger partial charge in [0.05, 0.1) is 35.3 Å². The minimum absolute atomic E-state index is 0.276. The number of aromatic nitrogens is 2. The van der Waals surface area contributed by atoms with Crippen molar-refractivity contribution >= 4 is 15.7 Å². The fourth-order valence-electron chi connectivity index (χ4n) is 3.73. The number of nitriles is 1. The maximum Gasteiger partial charge on any atom is 0.268 e. The molecule has 4 rings (SSSR count). The normalized spacial score (nSPS) is 13.4. The molecule has 0 spiro atoms. The Balaban J connectivity index is 1.70. The fourth-order valence-corrected chi connectivity index (χ4v) is 5.62. The highest BCUT2D eigenvalue weighted by Crippen LogP contribution is 2.34. The van der Waals surface area contributed by atoms with E-state index in [-0.39, 0.29) is 4.90 Å². The summed E-state index contributed by atoms with van der Waals surface area (Å²) in [6, 6.07) is 16.9. The molecule has 0 saturated heterocycles. The number of fused-ring (bicyclic) bond motifs is 1. The fraction of sp³-hybridized carbons (Fsp3) is 0.238. The van der Waals surface area contributed by atoms with E-state index in [0.717, 1.165) is 16.8 Å². The largest absolute Gasteiger partial charge is 0.268 e. The SMILES string of the molecule is Cc1nn(Cc2ccc(C#N)cc2)c(C)c1S(=O)(=O)N1CCc2ccccc21. The van der Waals surface area contributed by atoms with E-state index in [2.05, 4.69) is 11.2 Å². The van der Waals surface area contributed by atoms with Gasteiger partial charge in [0, 0.05) is 6.54 Å². The average Bonchev–Trinajstić information content (AvgIpc) is 3.24. The molecule has 0 bridgehead atoms. The summed E-state index contributed by atoms with van der Waals surface area (Å²) < 4.78 is 30.1. The molecular weight excluding hydrogens is 372 g/mol. The first-order valence-electron chi connectivity index (χ1n) is 9.05. The highest BCUT2D eigenvalue weighted by Gasteiger charge is 2.34. The van der Waals surface area contributed by atoms with Crippen LogP contribution in [-0.4, -0.2) is 24.7 Å². The third kappa shape index (κ3) is 2.96. The number of para-hydroxylation sites is 1. The number of rotatable bonds is 4. The van der Waals surface area contributed by atoms with Gasteiger partial charge >= 0.3 is 0 Å². The van der Waals surface area contributed by atoms with E-state index in [1.807, 2.05) is 36.4 Å². The molecule has 0 aliphatic carbocycles. The summed E-state index contributed by atoms with van der Waals surface area (Å²) in [7, 11) is -3.69. The van der Waals surface area contributed by atoms with Crippen molar-refractivity contribution in [2.45, 2.75) is 31.7 Å². The van der Waals surface area contributed by atoms with Gasteiger partial charge in [0.2, 0.25) is 0 Å². The van der Waals surface area contributed by atoms with Gasteiger partial charge in [-0.3, -0.25) is 8.99 Å². The lowest BCUT2D eigenvalue weighted by Gasteiger charge is -2.19. The van der Waals surface area contributed by atoms with Crippen LogP contribution >= 0.6 is 0 Å². The second-order valence-corrected chi connectivity index (χ2v) is 8.72. The first-order valence-corrected chi connectivity index (χ1v) is 10.5. The number of nitrogens with zero attached hydrogens (tertiary/aromatic N) is 4. The standard InChI is InChI=1S/C21H20N4O2S/c1-15-21(28(26,27)25-12-11-19-5-3-4-6-20(19)25)16(2)24(23-15)14-18-9-7-17(13-22)8-10-18/h3-10H,11-12,14H2,1-2H3. The monoisotopic (exact) mass is 392 g/mol. The quantitative estimate of drug-likeness (QED) is 0.683. The van der Waals surface area contributed by atoms with E-state index in [1.54, 1.807) is 30.7 Å². The molecule has 7 heteroatoms. The van der Waals surface area contributed by atoms with Gasteiger partial charge in [-0.2, -0.15) is 10.4 Å². The molecule has 1 aliphatic rings. The van der Waals surface area contributed by atoms with Crippen LogP contribution in [0.2, 0.25) is 0 Å². The van der Waals surface area contributed by atoms with Crippen molar-refractivity contribution < 1.29 is 8.42 Å². The molecule has 28 heavy (non-hydrogen) atoms. The van der Waals surface area contributed by atoms with Gasteiger partial charge < -0.3 is 0 Å². The Morgan fingerprint density at radius 3 is 2.54 bits per heavy atom. The van der Waals surface area contributed by atoms with Gasteiger partial charge in [0.1, 0.15) is 4.90 Å². The topological polar surface area (TPSA) is 79.0 Å². The van der Waals surface area contributed by atoms with Crippen molar-refractivity contribution in [2.24, 2.45) is 0 Å². The minimum atomic E-state index is -3.69. The molecule has 0 radical (unpaired) electrons. The molecule has 142 valence electrons. The molecular formula is C21H20N4O2S. The van der Waals surface area contributed by atoms with Gasteiger partial charge in [-0.05, 0) is 49.6 Å². The Bertz CT molecular complexity index is 1190. The second-order valence-electron chi connectivity index (χ2n) is 6.92. The predicted octanol–water partition coefficient (Wildman–Crippen LogP) is 3.17. The van der Waals surface area contributed by atoms with E-state index in [4.69, 9.17) is 5.26 Å². The molecule has 2 heterocycles. The zero-order valence-electron chi connectivity index (χ0n) is 15.8. The van der Waals surface area contributed by atoms with Crippen molar-refractivity contribution in [3.05, 3.63) is 76.6 Å². The molecule has 0 N–H and O–H groups in total. The molecule has 1 aliphatic heterocycles. The van der Waals surface area contributed by atoms with Gasteiger partial charge in [-0.25, -0.2) is 8.42 Å². The molecule has 1 aromatic heterocycles. The van der Waals surface area contributed by atoms with Crippen LogP contribution in [0.25, 0.3) is 0 Å². The number of benzene rings is 2. The number of aryl methyl sites for hydroxylation is 1. The number of hydrogen-bond acceptors (Lipinski definition) is 4. The third-order valence-corrected chi connectivity index (χ3v) is 7.19. The smallest absolute Gasteiger partial charge is 0.266 e. The van der Waals surface area contributed by atoms with Crippen LogP contribution in [0, 0.1) is 25.2 Å². The highest BCUT2D eigenvalue weighted by molar-refractivity contribution is 7.93. The Hall–Kier alpha value is -3.11. The van der Waals surface area contributed by atoms with Crippen LogP contribution in [0.3, 0.4) is 0 Å².